The number of likely N-dealkylation sites (N-methyl/N-ethyl adjacent to an activating group) is 1. The molecule has 0 radical (unpaired) electrons. The highest BCUT2D eigenvalue weighted by Gasteiger charge is 2.31. The van der Waals surface area contributed by atoms with Crippen LogP contribution < -0.4 is 10.6 Å². The number of carbonyl (C=O) groups excluding carboxylic acids is 1. The molecule has 0 bridgehead atoms. The number of aryl methyl sites for hydroxylation is 5. The summed E-state index contributed by atoms with van der Waals surface area (Å²) in [5.74, 6) is 0.0120. The van der Waals surface area contributed by atoms with Crippen molar-refractivity contribution >= 4 is 5.91 Å². The highest BCUT2D eigenvalue weighted by Crippen LogP contribution is 2.31. The smallest absolute Gasteiger partial charge is 0.254 e. The molecule has 23 nitrogen and oxygen atoms in total. The number of aromatic nitrogens is 16. The summed E-state index contributed by atoms with van der Waals surface area (Å²) in [6, 6.07) is 4.52. The Hall–Kier alpha value is -7.05. The summed E-state index contributed by atoms with van der Waals surface area (Å²) in [5.41, 5.74) is 21.9. The summed E-state index contributed by atoms with van der Waals surface area (Å²) in [6.07, 6.45) is 34.0. The molecule has 16 rings (SSSR count). The molecule has 0 fully saturated rings. The standard InChI is InChI=1S/C13H23N3.2C12H21N3.C12H20N2.C11H17N3O.2C11H19N3.C11H18N2/c1-5-15-8-6-7-12-11(10-15)9-14-16(12)13(2,3)4;1-12(2,3)15-9-10-8-14(4)7-5-6-11(10)13-15;1-12(2,3)15-11-6-5-7-14(4)9-10(11)8-13-15;1-12(2,3)14-11-8-6-4-5-7-10(11)9-13-14;1-11(2,3)14-9-5-4-6-12-10(15)8(9)7-13-14;1-11(2,3)10-7-9-8-13(4)5-6-14(9)12-10;1-11(2,3)14-8-9-7-12-6-4-5-10(9)13-14;1-11(2,3)10-8-9-6-4-5-7-13(9)12-10/h9H,5-8,10H2,1-4H3;9H,5-8H2,1-4H3;8H,5-7,9H2,1-4H3;9H,4-8H2,1-3H3;7H,4-6H2,1-3H3,(H,12,15);7H,5-6,8H2,1-4H3;8,12H,4-7H2,1-3H3;8H,4-7H2,1-3H3. The molecule has 0 atom stereocenters. The first-order valence-corrected chi connectivity index (χ1v) is 44.5. The average molecular weight is 1600 g/mol. The number of carbonyl (C=O) groups is 1. The minimum Gasteiger partial charge on any atom is -0.352 e. The van der Waals surface area contributed by atoms with Gasteiger partial charge in [0.25, 0.3) is 5.91 Å². The molecule has 7 aliphatic heterocycles. The predicted octanol–water partition coefficient (Wildman–Crippen LogP) is 16.5. The molecule has 0 aromatic carbocycles. The molecule has 8 aromatic heterocycles. The molecule has 0 saturated heterocycles. The van der Waals surface area contributed by atoms with Gasteiger partial charge in [0, 0.05) is 121 Å². The van der Waals surface area contributed by atoms with Crippen molar-refractivity contribution in [2.45, 2.75) is 379 Å². The van der Waals surface area contributed by atoms with E-state index in [4.69, 9.17) is 5.10 Å². The molecule has 1 aliphatic carbocycles. The van der Waals surface area contributed by atoms with Crippen LogP contribution in [-0.4, -0.2) is 171 Å². The molecule has 646 valence electrons. The van der Waals surface area contributed by atoms with Crippen molar-refractivity contribution in [1.82, 2.24) is 108 Å². The van der Waals surface area contributed by atoms with E-state index < -0.39 is 0 Å². The Labute approximate surface area is 700 Å². The molecule has 15 heterocycles. The maximum atomic E-state index is 11.7. The van der Waals surface area contributed by atoms with Crippen molar-refractivity contribution in [3.05, 3.63) is 140 Å². The second kappa shape index (κ2) is 39.0. The highest BCUT2D eigenvalue weighted by atomic mass is 16.1. The van der Waals surface area contributed by atoms with Gasteiger partial charge in [0.05, 0.1) is 104 Å². The SMILES string of the molecule is CC(C)(C)c1cc2n(n1)CCCC2.CC(C)(C)n1cc2c(n1)CCCNC2.CC(C)(C)n1ncc2c1CCCCC2.CC(C)(C)n1ncc2c1CCCNC2=O.CCN1CCCc2c(cnn2C(C)(C)C)C1.CN1CCCc2c(cnn2C(C)(C)C)C1.CN1CCCc2nn(C(C)(C)C)cc2C1.CN1CCn2nc(C(C)(C)C)cc2C1. The number of fused-ring (bicyclic) bond motifs is 8. The van der Waals surface area contributed by atoms with Crippen molar-refractivity contribution in [3.63, 3.8) is 0 Å². The first kappa shape index (κ1) is 92.8. The van der Waals surface area contributed by atoms with Gasteiger partial charge in [0.2, 0.25) is 0 Å². The number of rotatable bonds is 1. The first-order chi connectivity index (χ1) is 54.2. The fraction of sp³-hybridized carbons (Fsp3) is 0.731. The molecule has 23 heteroatoms. The minimum atomic E-state index is -0.0573. The van der Waals surface area contributed by atoms with Crippen LogP contribution in [0.3, 0.4) is 0 Å². The summed E-state index contributed by atoms with van der Waals surface area (Å²) < 4.78 is 17.1. The lowest BCUT2D eigenvalue weighted by Crippen LogP contribution is -2.30. The first-order valence-electron chi connectivity index (χ1n) is 44.5. The Morgan fingerprint density at radius 1 is 0.362 bits per heavy atom. The molecule has 8 aliphatic rings. The summed E-state index contributed by atoms with van der Waals surface area (Å²) >= 11 is 0. The van der Waals surface area contributed by atoms with Crippen molar-refractivity contribution < 1.29 is 4.79 Å². The lowest BCUT2D eigenvalue weighted by Gasteiger charge is -2.22. The van der Waals surface area contributed by atoms with Gasteiger partial charge >= 0.3 is 0 Å². The molecule has 116 heavy (non-hydrogen) atoms. The molecule has 0 spiro atoms. The molecular formula is C93H158N22O. The Morgan fingerprint density at radius 2 is 0.793 bits per heavy atom. The van der Waals surface area contributed by atoms with E-state index in [1.54, 1.807) is 6.20 Å². The third kappa shape index (κ3) is 25.7. The Morgan fingerprint density at radius 3 is 1.34 bits per heavy atom. The Balaban J connectivity index is 0.000000152. The normalized spacial score (nSPS) is 17.9. The summed E-state index contributed by atoms with van der Waals surface area (Å²) in [7, 11) is 6.53. The van der Waals surface area contributed by atoms with E-state index in [-0.39, 0.29) is 50.0 Å². The molecular weight excluding hydrogens is 1440 g/mol. The van der Waals surface area contributed by atoms with Crippen LogP contribution in [0.15, 0.2) is 49.3 Å². The van der Waals surface area contributed by atoms with Gasteiger partial charge in [-0.1, -0.05) is 54.9 Å². The minimum absolute atomic E-state index is 0.0120. The van der Waals surface area contributed by atoms with Crippen LogP contribution in [0.2, 0.25) is 0 Å². The maximum absolute atomic E-state index is 11.7. The molecule has 0 unspecified atom stereocenters. The average Bonchev–Trinajstić information content (AvgIpc) is 1.70. The van der Waals surface area contributed by atoms with E-state index in [1.807, 2.05) is 10.9 Å². The molecule has 1 amide bonds. The molecule has 2 N–H and O–H groups in total. The zero-order valence-electron chi connectivity index (χ0n) is 78.1. The van der Waals surface area contributed by atoms with Gasteiger partial charge in [-0.2, -0.15) is 40.8 Å². The van der Waals surface area contributed by atoms with E-state index in [0.29, 0.717) is 0 Å². The number of hydrogen-bond acceptors (Lipinski definition) is 14. The zero-order valence-corrected chi connectivity index (χ0v) is 78.1. The second-order valence-corrected chi connectivity index (χ2v) is 42.2. The van der Waals surface area contributed by atoms with Crippen molar-refractivity contribution in [3.8, 4) is 0 Å². The molecule has 8 aromatic rings. The van der Waals surface area contributed by atoms with Gasteiger partial charge in [0.1, 0.15) is 0 Å². The van der Waals surface area contributed by atoms with E-state index in [9.17, 15) is 4.79 Å². The number of nitrogens with one attached hydrogen (secondary N) is 2. The largest absolute Gasteiger partial charge is 0.352 e. The van der Waals surface area contributed by atoms with Crippen LogP contribution >= 0.6 is 0 Å². The molecule has 0 saturated carbocycles. The monoisotopic (exact) mass is 1600 g/mol. The third-order valence-corrected chi connectivity index (χ3v) is 22.9. The Bertz CT molecular complexity index is 4300. The number of amides is 1. The second-order valence-electron chi connectivity index (χ2n) is 42.2. The van der Waals surface area contributed by atoms with E-state index in [1.165, 1.54) is 182 Å². The number of hydrogen-bond donors (Lipinski definition) is 2. The van der Waals surface area contributed by atoms with Crippen LogP contribution in [0.1, 0.15) is 332 Å². The van der Waals surface area contributed by atoms with E-state index in [0.717, 1.165) is 115 Å². The summed E-state index contributed by atoms with van der Waals surface area (Å²) in [4.78, 5) is 21.3. The predicted molar refractivity (Wildman–Crippen MR) is 475 cm³/mol. The summed E-state index contributed by atoms with van der Waals surface area (Å²) in [6.45, 7) is 70.1. The summed E-state index contributed by atoms with van der Waals surface area (Å²) in [5, 5.41) is 42.9. The van der Waals surface area contributed by atoms with E-state index in [2.05, 4.69) is 330 Å². The topological polar surface area (TPSA) is 197 Å². The van der Waals surface area contributed by atoms with Crippen LogP contribution in [-0.2, 0) is 141 Å². The van der Waals surface area contributed by atoms with Gasteiger partial charge < -0.3 is 20.4 Å². The van der Waals surface area contributed by atoms with Gasteiger partial charge in [-0.3, -0.25) is 52.0 Å². The fourth-order valence-electron chi connectivity index (χ4n) is 16.2. The lowest BCUT2D eigenvalue weighted by atomic mass is 9.92. The van der Waals surface area contributed by atoms with Crippen LogP contribution in [0.25, 0.3) is 0 Å². The van der Waals surface area contributed by atoms with Crippen LogP contribution in [0.4, 0.5) is 0 Å². The highest BCUT2D eigenvalue weighted by molar-refractivity contribution is 5.95. The third-order valence-electron chi connectivity index (χ3n) is 22.9. The van der Waals surface area contributed by atoms with Crippen molar-refractivity contribution in [2.24, 2.45) is 0 Å². The fourth-order valence-corrected chi connectivity index (χ4v) is 16.2. The maximum Gasteiger partial charge on any atom is 0.254 e. The zero-order chi connectivity index (χ0) is 85.1. The van der Waals surface area contributed by atoms with Gasteiger partial charge in [-0.05, 0) is 305 Å². The van der Waals surface area contributed by atoms with Crippen molar-refractivity contribution in [1.29, 1.82) is 0 Å². The van der Waals surface area contributed by atoms with E-state index >= 15 is 0 Å². The van der Waals surface area contributed by atoms with Crippen molar-refractivity contribution in [2.75, 3.05) is 67.0 Å². The number of nitrogens with zero attached hydrogens (tertiary/aromatic N) is 20. The van der Waals surface area contributed by atoms with Crippen LogP contribution in [0, 0.1) is 0 Å². The lowest BCUT2D eigenvalue weighted by molar-refractivity contribution is 0.0955. The quantitative estimate of drug-likeness (QED) is 0.147. The Kier molecular flexibility index (Phi) is 31.2. The van der Waals surface area contributed by atoms with Gasteiger partial charge in [0.15, 0.2) is 0 Å². The van der Waals surface area contributed by atoms with Crippen LogP contribution in [0.5, 0.6) is 0 Å². The van der Waals surface area contributed by atoms with Gasteiger partial charge in [-0.25, -0.2) is 0 Å². The van der Waals surface area contributed by atoms with Gasteiger partial charge in [-0.15, -0.1) is 0 Å².